The zero-order valence-electron chi connectivity index (χ0n) is 21.2. The second kappa shape index (κ2) is 10.1. The summed E-state index contributed by atoms with van der Waals surface area (Å²) in [5.41, 5.74) is 3.38. The molecule has 7 nitrogen and oxygen atoms in total. The van der Waals surface area contributed by atoms with Crippen molar-refractivity contribution in [2.45, 2.75) is 50.0 Å². The van der Waals surface area contributed by atoms with Gasteiger partial charge < -0.3 is 9.80 Å². The molecule has 8 heteroatoms. The summed E-state index contributed by atoms with van der Waals surface area (Å²) in [7, 11) is -3.48. The third-order valence-electron chi connectivity index (χ3n) is 8.14. The molecule has 6 rings (SSSR count). The van der Waals surface area contributed by atoms with Gasteiger partial charge in [0.1, 0.15) is 5.82 Å². The van der Waals surface area contributed by atoms with Gasteiger partial charge in [0, 0.05) is 44.7 Å². The molecule has 2 fully saturated rings. The Balaban J connectivity index is 1.17. The molecule has 1 aromatic heterocycles. The van der Waals surface area contributed by atoms with E-state index in [9.17, 15) is 13.2 Å². The highest BCUT2D eigenvalue weighted by Crippen LogP contribution is 2.29. The van der Waals surface area contributed by atoms with Gasteiger partial charge in [-0.25, -0.2) is 13.4 Å². The summed E-state index contributed by atoms with van der Waals surface area (Å²) in [5, 5.41) is 0.818. The van der Waals surface area contributed by atoms with Crippen molar-refractivity contribution in [3.8, 4) is 0 Å². The zero-order chi connectivity index (χ0) is 25.4. The number of aromatic nitrogens is 1. The fraction of sp³-hybridized carbons (Fsp3) is 0.448. The molecule has 2 aromatic carbocycles. The number of amides is 1. The third kappa shape index (κ3) is 4.84. The molecule has 0 spiro atoms. The minimum atomic E-state index is -3.48. The van der Waals surface area contributed by atoms with Gasteiger partial charge in [-0.15, -0.1) is 0 Å². The van der Waals surface area contributed by atoms with E-state index in [2.05, 4.69) is 23.1 Å². The van der Waals surface area contributed by atoms with E-state index in [1.807, 2.05) is 29.2 Å². The topological polar surface area (TPSA) is 73.8 Å². The highest BCUT2D eigenvalue weighted by Gasteiger charge is 2.32. The van der Waals surface area contributed by atoms with E-state index in [0.717, 1.165) is 68.3 Å². The van der Waals surface area contributed by atoms with Crippen molar-refractivity contribution in [3.05, 3.63) is 65.7 Å². The zero-order valence-corrected chi connectivity index (χ0v) is 22.0. The summed E-state index contributed by atoms with van der Waals surface area (Å²) in [5.74, 6) is 1.06. The van der Waals surface area contributed by atoms with Crippen LogP contribution in [0.1, 0.15) is 43.2 Å². The van der Waals surface area contributed by atoms with Gasteiger partial charge in [-0.3, -0.25) is 4.79 Å². The van der Waals surface area contributed by atoms with Crippen molar-refractivity contribution < 1.29 is 13.2 Å². The number of piperidine rings is 2. The number of hydrogen-bond donors (Lipinski definition) is 0. The van der Waals surface area contributed by atoms with E-state index in [1.54, 1.807) is 16.4 Å². The molecule has 1 atom stereocenters. The van der Waals surface area contributed by atoms with Crippen LogP contribution in [0.3, 0.4) is 0 Å². The van der Waals surface area contributed by atoms with Gasteiger partial charge in [0.05, 0.1) is 16.3 Å². The first-order valence-corrected chi connectivity index (χ1v) is 14.9. The molecule has 0 bridgehead atoms. The fourth-order valence-corrected chi connectivity index (χ4v) is 7.57. The molecule has 1 amide bonds. The second-order valence-corrected chi connectivity index (χ2v) is 12.5. The summed E-state index contributed by atoms with van der Waals surface area (Å²) >= 11 is 0. The van der Waals surface area contributed by atoms with Crippen LogP contribution in [0.4, 0.5) is 5.82 Å². The van der Waals surface area contributed by atoms with Gasteiger partial charge in [0.2, 0.25) is 15.9 Å². The minimum absolute atomic E-state index is 0.0337. The Morgan fingerprint density at radius 3 is 2.51 bits per heavy atom. The summed E-state index contributed by atoms with van der Waals surface area (Å²) in [6, 6.07) is 17.6. The number of hydrogen-bond acceptors (Lipinski definition) is 5. The first kappa shape index (κ1) is 24.4. The first-order valence-electron chi connectivity index (χ1n) is 13.5. The molecule has 0 unspecified atom stereocenters. The summed E-state index contributed by atoms with van der Waals surface area (Å²) in [4.78, 5) is 22.9. The average Bonchev–Trinajstić information content (AvgIpc) is 2.96. The van der Waals surface area contributed by atoms with Gasteiger partial charge in [0.15, 0.2) is 0 Å². The normalized spacial score (nSPS) is 21.1. The van der Waals surface area contributed by atoms with E-state index in [1.165, 1.54) is 11.1 Å². The molecule has 0 aliphatic carbocycles. The van der Waals surface area contributed by atoms with E-state index in [4.69, 9.17) is 4.98 Å². The fourth-order valence-electron chi connectivity index (χ4n) is 6.01. The quantitative estimate of drug-likeness (QED) is 0.517. The Kier molecular flexibility index (Phi) is 6.63. The second-order valence-electron chi connectivity index (χ2n) is 10.6. The lowest BCUT2D eigenvalue weighted by molar-refractivity contribution is -0.136. The van der Waals surface area contributed by atoms with E-state index in [0.29, 0.717) is 31.1 Å². The Bertz CT molecular complexity index is 1420. The molecule has 194 valence electrons. The number of benzene rings is 2. The van der Waals surface area contributed by atoms with Crippen LogP contribution in [-0.4, -0.2) is 61.2 Å². The molecule has 0 N–H and O–H groups in total. The molecular formula is C29H34N4O3S. The van der Waals surface area contributed by atoms with Crippen LogP contribution in [0.5, 0.6) is 0 Å². The number of carbonyl (C=O) groups excluding carboxylic acids is 1. The number of fused-ring (bicyclic) bond motifs is 2. The average molecular weight is 519 g/mol. The van der Waals surface area contributed by atoms with Gasteiger partial charge >= 0.3 is 0 Å². The standard InChI is InChI=1S/C29H34N4O3S/c34-29(32-18-14-22-7-2-3-8-24(22)20-32)25-9-6-15-31(21-25)28-13-10-23-19-26(11-12-27(23)30-28)37(35,36)33-16-4-1-5-17-33/h2-3,7-8,10-13,19,25H,1,4-6,9,14-18,20-21H2/t25-/m0/s1. The highest BCUT2D eigenvalue weighted by atomic mass is 32.2. The maximum Gasteiger partial charge on any atom is 0.243 e. The molecule has 0 saturated carbocycles. The Morgan fingerprint density at radius 2 is 1.68 bits per heavy atom. The van der Waals surface area contributed by atoms with Crippen molar-refractivity contribution in [3.63, 3.8) is 0 Å². The van der Waals surface area contributed by atoms with Crippen LogP contribution >= 0.6 is 0 Å². The number of carbonyl (C=O) groups is 1. The predicted molar refractivity (Wildman–Crippen MR) is 145 cm³/mol. The largest absolute Gasteiger partial charge is 0.356 e. The van der Waals surface area contributed by atoms with Crippen LogP contribution in [0.15, 0.2) is 59.5 Å². The molecule has 2 saturated heterocycles. The van der Waals surface area contributed by atoms with Crippen LogP contribution in [0, 0.1) is 5.92 Å². The summed E-state index contributed by atoms with van der Waals surface area (Å²) in [6.07, 6.45) is 5.70. The highest BCUT2D eigenvalue weighted by molar-refractivity contribution is 7.89. The lowest BCUT2D eigenvalue weighted by Gasteiger charge is -2.37. The Labute approximate surface area is 219 Å². The molecule has 4 heterocycles. The van der Waals surface area contributed by atoms with Crippen molar-refractivity contribution in [1.29, 1.82) is 0 Å². The molecule has 0 radical (unpaired) electrons. The SMILES string of the molecule is O=C([C@H]1CCCN(c2ccc3cc(S(=O)(=O)N4CCCCC4)ccc3n2)C1)N1CCc2ccccc2C1. The van der Waals surface area contributed by atoms with Gasteiger partial charge in [-0.2, -0.15) is 4.31 Å². The molecule has 3 aliphatic rings. The number of sulfonamides is 1. The number of anilines is 1. The number of nitrogens with zero attached hydrogens (tertiary/aromatic N) is 4. The Hall–Kier alpha value is -2.97. The first-order chi connectivity index (χ1) is 18.0. The lowest BCUT2D eigenvalue weighted by atomic mass is 9.94. The van der Waals surface area contributed by atoms with E-state index < -0.39 is 10.0 Å². The van der Waals surface area contributed by atoms with E-state index in [-0.39, 0.29) is 11.8 Å². The minimum Gasteiger partial charge on any atom is -0.356 e. The molecule has 3 aliphatic heterocycles. The van der Waals surface area contributed by atoms with Crippen LogP contribution in [0.2, 0.25) is 0 Å². The monoisotopic (exact) mass is 518 g/mol. The lowest BCUT2D eigenvalue weighted by Crippen LogP contribution is -2.46. The van der Waals surface area contributed by atoms with Crippen molar-refractivity contribution in [2.75, 3.05) is 37.6 Å². The van der Waals surface area contributed by atoms with Crippen molar-refractivity contribution >= 4 is 32.7 Å². The maximum atomic E-state index is 13.4. The number of rotatable bonds is 4. The predicted octanol–water partition coefficient (Wildman–Crippen LogP) is 4.21. The van der Waals surface area contributed by atoms with Crippen molar-refractivity contribution in [2.24, 2.45) is 5.92 Å². The van der Waals surface area contributed by atoms with Gasteiger partial charge in [-0.05, 0) is 73.6 Å². The van der Waals surface area contributed by atoms with E-state index >= 15 is 0 Å². The third-order valence-corrected chi connectivity index (χ3v) is 10.0. The van der Waals surface area contributed by atoms with Crippen LogP contribution in [-0.2, 0) is 27.8 Å². The van der Waals surface area contributed by atoms with Crippen molar-refractivity contribution in [1.82, 2.24) is 14.2 Å². The number of pyridine rings is 1. The van der Waals surface area contributed by atoms with Crippen LogP contribution < -0.4 is 4.90 Å². The molecule has 37 heavy (non-hydrogen) atoms. The van der Waals surface area contributed by atoms with Crippen LogP contribution in [0.25, 0.3) is 10.9 Å². The maximum absolute atomic E-state index is 13.4. The summed E-state index contributed by atoms with van der Waals surface area (Å²) < 4.78 is 27.8. The summed E-state index contributed by atoms with van der Waals surface area (Å²) in [6.45, 7) is 4.20. The molecular weight excluding hydrogens is 484 g/mol. The van der Waals surface area contributed by atoms with Gasteiger partial charge in [0.25, 0.3) is 0 Å². The van der Waals surface area contributed by atoms with Gasteiger partial charge in [-0.1, -0.05) is 30.7 Å². The smallest absolute Gasteiger partial charge is 0.243 e. The Morgan fingerprint density at radius 1 is 0.865 bits per heavy atom. The molecule has 3 aromatic rings.